The molecule has 1 fully saturated rings. The van der Waals surface area contributed by atoms with Gasteiger partial charge >= 0.3 is 0 Å². The Morgan fingerprint density at radius 3 is 2.75 bits per heavy atom. The van der Waals surface area contributed by atoms with Gasteiger partial charge in [-0.3, -0.25) is 4.90 Å². The van der Waals surface area contributed by atoms with E-state index in [1.165, 1.54) is 5.56 Å². The lowest BCUT2D eigenvalue weighted by molar-refractivity contribution is 0.0812. The number of rotatable bonds is 5. The number of hydrogen-bond donors (Lipinski definition) is 1. The van der Waals surface area contributed by atoms with Crippen LogP contribution in [0.5, 0.6) is 0 Å². The van der Waals surface area contributed by atoms with E-state index in [1.54, 1.807) is 6.26 Å². The third-order valence-electron chi connectivity index (χ3n) is 3.94. The van der Waals surface area contributed by atoms with Crippen molar-refractivity contribution in [1.29, 1.82) is 0 Å². The minimum Gasteiger partial charge on any atom is -0.468 e. The first-order chi connectivity index (χ1) is 9.37. The topological polar surface area (TPSA) is 37.6 Å². The summed E-state index contributed by atoms with van der Waals surface area (Å²) in [6.07, 6.45) is 3.23. The van der Waals surface area contributed by atoms with Crippen LogP contribution in [0.25, 0.3) is 0 Å². The number of ether oxygens (including phenoxy) is 1. The van der Waals surface area contributed by atoms with E-state index in [0.717, 1.165) is 31.9 Å². The molecule has 4 nitrogen and oxygen atoms in total. The third kappa shape index (κ3) is 4.08. The van der Waals surface area contributed by atoms with Crippen LogP contribution in [-0.4, -0.2) is 36.2 Å². The van der Waals surface area contributed by atoms with Gasteiger partial charge in [0.2, 0.25) is 0 Å². The summed E-state index contributed by atoms with van der Waals surface area (Å²) >= 11 is 0. The van der Waals surface area contributed by atoms with Crippen LogP contribution in [0.1, 0.15) is 45.4 Å². The number of furan rings is 1. The molecule has 0 radical (unpaired) electrons. The predicted molar refractivity (Wildman–Crippen MR) is 80.6 cm³/mol. The maximum Gasteiger partial charge on any atom is 0.122 e. The molecule has 1 aromatic rings. The summed E-state index contributed by atoms with van der Waals surface area (Å²) in [5.74, 6) is 1.04. The van der Waals surface area contributed by atoms with Gasteiger partial charge in [0.05, 0.1) is 18.9 Å². The molecule has 0 bridgehead atoms. The van der Waals surface area contributed by atoms with E-state index < -0.39 is 0 Å². The number of hydrogen-bond acceptors (Lipinski definition) is 4. The molecule has 1 saturated heterocycles. The van der Waals surface area contributed by atoms with Crippen molar-refractivity contribution < 1.29 is 9.15 Å². The highest BCUT2D eigenvalue weighted by atomic mass is 16.5. The van der Waals surface area contributed by atoms with Gasteiger partial charge in [-0.15, -0.1) is 0 Å². The van der Waals surface area contributed by atoms with E-state index in [9.17, 15) is 0 Å². The zero-order valence-corrected chi connectivity index (χ0v) is 13.4. The lowest BCUT2D eigenvalue weighted by atomic mass is 10.1. The summed E-state index contributed by atoms with van der Waals surface area (Å²) < 4.78 is 11.3. The molecule has 114 valence electrons. The second-order valence-corrected chi connectivity index (χ2v) is 6.82. The van der Waals surface area contributed by atoms with Gasteiger partial charge in [0, 0.05) is 30.3 Å². The molecule has 2 heterocycles. The molecule has 1 aromatic heterocycles. The summed E-state index contributed by atoms with van der Waals surface area (Å²) in [4.78, 5) is 2.38. The summed E-state index contributed by atoms with van der Waals surface area (Å²) in [5.41, 5.74) is 1.37. The summed E-state index contributed by atoms with van der Waals surface area (Å²) in [5, 5.41) is 3.48. The Balaban J connectivity index is 1.94. The molecular formula is C16H28N2O2. The Morgan fingerprint density at radius 2 is 2.15 bits per heavy atom. The first-order valence-corrected chi connectivity index (χ1v) is 7.49. The molecule has 0 aromatic carbocycles. The van der Waals surface area contributed by atoms with Gasteiger partial charge in [-0.25, -0.2) is 0 Å². The van der Waals surface area contributed by atoms with E-state index in [4.69, 9.17) is 9.15 Å². The molecule has 4 heteroatoms. The van der Waals surface area contributed by atoms with Gasteiger partial charge in [0.25, 0.3) is 0 Å². The van der Waals surface area contributed by atoms with Crippen molar-refractivity contribution in [2.24, 2.45) is 0 Å². The van der Waals surface area contributed by atoms with Gasteiger partial charge in [0.1, 0.15) is 5.76 Å². The highest BCUT2D eigenvalue weighted by Crippen LogP contribution is 2.22. The van der Waals surface area contributed by atoms with Crippen molar-refractivity contribution in [3.8, 4) is 0 Å². The van der Waals surface area contributed by atoms with Crippen LogP contribution in [-0.2, 0) is 17.8 Å². The highest BCUT2D eigenvalue weighted by Gasteiger charge is 2.28. The molecule has 1 aliphatic rings. The first-order valence-electron chi connectivity index (χ1n) is 7.49. The van der Waals surface area contributed by atoms with Crippen molar-refractivity contribution in [3.05, 3.63) is 23.7 Å². The smallest absolute Gasteiger partial charge is 0.122 e. The van der Waals surface area contributed by atoms with Crippen LogP contribution in [0, 0.1) is 0 Å². The molecule has 20 heavy (non-hydrogen) atoms. The molecule has 2 rings (SSSR count). The Labute approximate surface area is 122 Å². The molecule has 0 spiro atoms. The van der Waals surface area contributed by atoms with Gasteiger partial charge < -0.3 is 14.5 Å². The van der Waals surface area contributed by atoms with Crippen molar-refractivity contribution >= 4 is 0 Å². The molecule has 0 saturated carbocycles. The number of nitrogens with one attached hydrogen (secondary N) is 1. The van der Waals surface area contributed by atoms with Gasteiger partial charge in [0.15, 0.2) is 0 Å². The minimum absolute atomic E-state index is 0.101. The van der Waals surface area contributed by atoms with E-state index in [-0.39, 0.29) is 5.54 Å². The molecular weight excluding hydrogens is 252 g/mol. The van der Waals surface area contributed by atoms with Crippen LogP contribution in [0.4, 0.5) is 0 Å². The SMILES string of the molecule is CC1OCCC1N(C)Cc1ccoc1CNC(C)(C)C. The summed E-state index contributed by atoms with van der Waals surface area (Å²) in [6.45, 7) is 11.2. The van der Waals surface area contributed by atoms with E-state index in [0.29, 0.717) is 12.1 Å². The zero-order chi connectivity index (χ0) is 14.8. The zero-order valence-electron chi connectivity index (χ0n) is 13.4. The lowest BCUT2D eigenvalue weighted by Crippen LogP contribution is -2.37. The second kappa shape index (κ2) is 6.29. The average molecular weight is 280 g/mol. The van der Waals surface area contributed by atoms with E-state index in [2.05, 4.69) is 51.0 Å². The Morgan fingerprint density at radius 1 is 1.40 bits per heavy atom. The molecule has 0 aliphatic carbocycles. The van der Waals surface area contributed by atoms with Crippen molar-refractivity contribution in [2.45, 2.75) is 64.9 Å². The highest BCUT2D eigenvalue weighted by molar-refractivity contribution is 5.17. The van der Waals surface area contributed by atoms with Crippen molar-refractivity contribution in [1.82, 2.24) is 10.2 Å². The van der Waals surface area contributed by atoms with Crippen molar-refractivity contribution in [2.75, 3.05) is 13.7 Å². The fraction of sp³-hybridized carbons (Fsp3) is 0.750. The average Bonchev–Trinajstić information content (AvgIpc) is 2.94. The first kappa shape index (κ1) is 15.5. The van der Waals surface area contributed by atoms with Crippen molar-refractivity contribution in [3.63, 3.8) is 0 Å². The third-order valence-corrected chi connectivity index (χ3v) is 3.94. The normalized spacial score (nSPS) is 23.7. The lowest BCUT2D eigenvalue weighted by Gasteiger charge is -2.26. The molecule has 2 unspecified atom stereocenters. The molecule has 1 aliphatic heterocycles. The maximum absolute atomic E-state index is 5.65. The predicted octanol–water partition coefficient (Wildman–Crippen LogP) is 2.78. The van der Waals surface area contributed by atoms with Gasteiger partial charge in [-0.1, -0.05) is 0 Å². The number of nitrogens with zero attached hydrogens (tertiary/aromatic N) is 1. The second-order valence-electron chi connectivity index (χ2n) is 6.82. The quantitative estimate of drug-likeness (QED) is 0.900. The molecule has 2 atom stereocenters. The monoisotopic (exact) mass is 280 g/mol. The van der Waals surface area contributed by atoms with Gasteiger partial charge in [-0.05, 0) is 47.2 Å². The summed E-state index contributed by atoms with van der Waals surface area (Å²) in [6, 6.07) is 2.59. The fourth-order valence-corrected chi connectivity index (χ4v) is 2.69. The minimum atomic E-state index is 0.101. The Hall–Kier alpha value is -0.840. The standard InChI is InChI=1S/C16H28N2O2/c1-12-14(7-9-19-12)18(5)11-13-6-8-20-15(13)10-17-16(2,3)4/h6,8,12,14,17H,7,9-11H2,1-5H3. The van der Waals surface area contributed by atoms with Crippen LogP contribution >= 0.6 is 0 Å². The summed E-state index contributed by atoms with van der Waals surface area (Å²) in [7, 11) is 2.17. The molecule has 1 N–H and O–H groups in total. The Bertz CT molecular complexity index is 422. The van der Waals surface area contributed by atoms with Crippen LogP contribution in [0.3, 0.4) is 0 Å². The van der Waals surface area contributed by atoms with Crippen LogP contribution in [0.15, 0.2) is 16.7 Å². The van der Waals surface area contributed by atoms with E-state index in [1.807, 2.05) is 0 Å². The fourth-order valence-electron chi connectivity index (χ4n) is 2.69. The largest absolute Gasteiger partial charge is 0.468 e. The maximum atomic E-state index is 5.65. The van der Waals surface area contributed by atoms with Crippen LogP contribution < -0.4 is 5.32 Å². The molecule has 0 amide bonds. The Kier molecular flexibility index (Phi) is 4.89. The number of likely N-dealkylation sites (N-methyl/N-ethyl adjacent to an activating group) is 1. The van der Waals surface area contributed by atoms with Gasteiger partial charge in [-0.2, -0.15) is 0 Å². The van der Waals surface area contributed by atoms with E-state index >= 15 is 0 Å². The van der Waals surface area contributed by atoms with Crippen LogP contribution in [0.2, 0.25) is 0 Å².